The van der Waals surface area contributed by atoms with Gasteiger partial charge in [-0.15, -0.1) is 0 Å². The molecular formula is C20H15FN4O4S. The summed E-state index contributed by atoms with van der Waals surface area (Å²) in [6, 6.07) is 13.1. The average molecular weight is 426 g/mol. The minimum absolute atomic E-state index is 0.0318. The van der Waals surface area contributed by atoms with E-state index < -0.39 is 22.6 Å². The van der Waals surface area contributed by atoms with Crippen LogP contribution >= 0.6 is 11.8 Å². The van der Waals surface area contributed by atoms with Crippen molar-refractivity contribution in [2.24, 2.45) is 0 Å². The highest BCUT2D eigenvalue weighted by Crippen LogP contribution is 2.36. The molecule has 1 atom stereocenters. The van der Waals surface area contributed by atoms with Gasteiger partial charge in [-0.05, 0) is 29.8 Å². The van der Waals surface area contributed by atoms with Gasteiger partial charge >= 0.3 is 0 Å². The summed E-state index contributed by atoms with van der Waals surface area (Å²) >= 11 is 0.978. The van der Waals surface area contributed by atoms with Gasteiger partial charge in [-0.3, -0.25) is 19.7 Å². The SMILES string of the molecule is N#CC1=C(SCC(=O)Nc2ccc(F)cc2)NC(=O)C[C@@H]1c1cccc([N+](=O)[O-])c1. The monoisotopic (exact) mass is 426 g/mol. The van der Waals surface area contributed by atoms with Crippen molar-refractivity contribution in [3.63, 3.8) is 0 Å². The zero-order valence-electron chi connectivity index (χ0n) is 15.4. The van der Waals surface area contributed by atoms with Crippen molar-refractivity contribution in [2.75, 3.05) is 11.1 Å². The number of allylic oxidation sites excluding steroid dienone is 1. The minimum atomic E-state index is -0.647. The number of rotatable bonds is 6. The predicted octanol–water partition coefficient (Wildman–Crippen LogP) is 3.44. The maximum Gasteiger partial charge on any atom is 0.269 e. The van der Waals surface area contributed by atoms with Gasteiger partial charge in [0.1, 0.15) is 5.82 Å². The number of thioether (sulfide) groups is 1. The zero-order chi connectivity index (χ0) is 21.7. The van der Waals surface area contributed by atoms with Crippen LogP contribution < -0.4 is 10.6 Å². The quantitative estimate of drug-likeness (QED) is 0.538. The molecule has 1 heterocycles. The number of non-ortho nitro benzene ring substituents is 1. The number of hydrogen-bond acceptors (Lipinski definition) is 6. The fourth-order valence-corrected chi connectivity index (χ4v) is 3.82. The Morgan fingerprint density at radius 3 is 2.73 bits per heavy atom. The van der Waals surface area contributed by atoms with Gasteiger partial charge in [0.25, 0.3) is 5.69 Å². The molecule has 0 spiro atoms. The van der Waals surface area contributed by atoms with Gasteiger partial charge < -0.3 is 10.6 Å². The van der Waals surface area contributed by atoms with Gasteiger partial charge in [-0.1, -0.05) is 23.9 Å². The van der Waals surface area contributed by atoms with E-state index in [9.17, 15) is 29.4 Å². The Kier molecular flexibility index (Phi) is 6.44. The number of halogens is 1. The number of anilines is 1. The molecule has 0 unspecified atom stereocenters. The molecule has 0 bridgehead atoms. The molecule has 0 aromatic heterocycles. The van der Waals surface area contributed by atoms with Crippen LogP contribution in [0.4, 0.5) is 15.8 Å². The van der Waals surface area contributed by atoms with Gasteiger partial charge in [0.15, 0.2) is 0 Å². The van der Waals surface area contributed by atoms with Crippen LogP contribution in [0.15, 0.2) is 59.1 Å². The van der Waals surface area contributed by atoms with Crippen LogP contribution in [0.25, 0.3) is 0 Å². The van der Waals surface area contributed by atoms with Gasteiger partial charge in [-0.25, -0.2) is 4.39 Å². The number of carbonyl (C=O) groups is 2. The first kappa shape index (κ1) is 21.0. The van der Waals surface area contributed by atoms with Crippen molar-refractivity contribution >= 4 is 35.0 Å². The van der Waals surface area contributed by atoms with Crippen molar-refractivity contribution in [1.82, 2.24) is 5.32 Å². The number of amides is 2. The maximum atomic E-state index is 12.9. The van der Waals surface area contributed by atoms with E-state index in [0.29, 0.717) is 11.3 Å². The van der Waals surface area contributed by atoms with E-state index in [0.717, 1.165) is 11.8 Å². The van der Waals surface area contributed by atoms with Gasteiger partial charge in [0.2, 0.25) is 11.8 Å². The number of nitrogens with one attached hydrogen (secondary N) is 2. The second-order valence-corrected chi connectivity index (χ2v) is 7.34. The first-order valence-electron chi connectivity index (χ1n) is 8.74. The lowest BCUT2D eigenvalue weighted by Gasteiger charge is -2.24. The van der Waals surface area contributed by atoms with Crippen molar-refractivity contribution in [2.45, 2.75) is 12.3 Å². The highest BCUT2D eigenvalue weighted by molar-refractivity contribution is 8.03. The smallest absolute Gasteiger partial charge is 0.269 e. The summed E-state index contributed by atoms with van der Waals surface area (Å²) < 4.78 is 12.9. The second kappa shape index (κ2) is 9.19. The average Bonchev–Trinajstić information content (AvgIpc) is 2.73. The van der Waals surface area contributed by atoms with Crippen LogP contribution in [-0.4, -0.2) is 22.5 Å². The number of nitro benzene ring substituents is 1. The summed E-state index contributed by atoms with van der Waals surface area (Å²) in [5.41, 5.74) is 0.987. The molecule has 0 saturated carbocycles. The summed E-state index contributed by atoms with van der Waals surface area (Å²) in [7, 11) is 0. The van der Waals surface area contributed by atoms with E-state index in [1.807, 2.05) is 0 Å². The van der Waals surface area contributed by atoms with Crippen molar-refractivity contribution < 1.29 is 18.9 Å². The van der Waals surface area contributed by atoms with Crippen LogP contribution in [-0.2, 0) is 9.59 Å². The van der Waals surface area contributed by atoms with Crippen molar-refractivity contribution in [1.29, 1.82) is 5.26 Å². The molecule has 1 aliphatic rings. The number of benzene rings is 2. The standard InChI is InChI=1S/C20H15FN4O4S/c21-13-4-6-14(7-5-13)23-19(27)11-30-20-17(10-22)16(9-18(26)24-20)12-2-1-3-15(8-12)25(28)29/h1-8,16H,9,11H2,(H,23,27)(H,24,26)/t16-/m1/s1. The lowest BCUT2D eigenvalue weighted by molar-refractivity contribution is -0.384. The molecule has 0 aliphatic carbocycles. The number of nitro groups is 1. The predicted molar refractivity (Wildman–Crippen MR) is 109 cm³/mol. The van der Waals surface area contributed by atoms with Gasteiger partial charge in [0, 0.05) is 30.2 Å². The Labute approximate surface area is 174 Å². The first-order chi connectivity index (χ1) is 14.4. The molecule has 2 amide bonds. The van der Waals surface area contributed by atoms with Gasteiger partial charge in [-0.2, -0.15) is 5.26 Å². The lowest BCUT2D eigenvalue weighted by Crippen LogP contribution is -2.31. The number of nitrogens with zero attached hydrogens (tertiary/aromatic N) is 2. The van der Waals surface area contributed by atoms with Crippen LogP contribution in [0.5, 0.6) is 0 Å². The highest BCUT2D eigenvalue weighted by Gasteiger charge is 2.30. The molecular weight excluding hydrogens is 411 g/mol. The van der Waals surface area contributed by atoms with Crippen LogP contribution in [0.1, 0.15) is 17.9 Å². The molecule has 8 nitrogen and oxygen atoms in total. The Balaban J connectivity index is 1.78. The summed E-state index contributed by atoms with van der Waals surface area (Å²) in [5.74, 6) is -1.93. The van der Waals surface area contributed by atoms with E-state index in [1.165, 1.54) is 42.5 Å². The van der Waals surface area contributed by atoms with Crippen molar-refractivity contribution in [3.8, 4) is 6.07 Å². The maximum absolute atomic E-state index is 12.9. The molecule has 1 aliphatic heterocycles. The van der Waals surface area contributed by atoms with E-state index in [4.69, 9.17) is 0 Å². The summed E-state index contributed by atoms with van der Waals surface area (Å²) in [5, 5.41) is 26.1. The molecule has 0 radical (unpaired) electrons. The first-order valence-corrected chi connectivity index (χ1v) is 9.72. The van der Waals surface area contributed by atoms with Crippen LogP contribution in [0, 0.1) is 27.3 Å². The summed E-state index contributed by atoms with van der Waals surface area (Å²) in [4.78, 5) is 34.8. The molecule has 2 aromatic rings. The Bertz CT molecular complexity index is 1080. The normalized spacial score (nSPS) is 15.9. The van der Waals surface area contributed by atoms with E-state index >= 15 is 0 Å². The minimum Gasteiger partial charge on any atom is -0.325 e. The van der Waals surface area contributed by atoms with Crippen molar-refractivity contribution in [3.05, 3.63) is 80.6 Å². The van der Waals surface area contributed by atoms with E-state index in [1.54, 1.807) is 6.07 Å². The number of hydrogen-bond donors (Lipinski definition) is 2. The number of carbonyl (C=O) groups excluding carboxylic acids is 2. The second-order valence-electron chi connectivity index (χ2n) is 6.36. The fourth-order valence-electron chi connectivity index (χ4n) is 2.94. The lowest BCUT2D eigenvalue weighted by atomic mass is 9.87. The Morgan fingerprint density at radius 2 is 2.07 bits per heavy atom. The number of nitriles is 1. The molecule has 30 heavy (non-hydrogen) atoms. The molecule has 2 N–H and O–H groups in total. The Morgan fingerprint density at radius 1 is 1.33 bits per heavy atom. The van der Waals surface area contributed by atoms with E-state index in [-0.39, 0.29) is 34.4 Å². The topological polar surface area (TPSA) is 125 Å². The molecule has 0 saturated heterocycles. The third kappa shape index (κ3) is 5.01. The molecule has 3 rings (SSSR count). The summed E-state index contributed by atoms with van der Waals surface area (Å²) in [6.45, 7) is 0. The summed E-state index contributed by atoms with van der Waals surface area (Å²) in [6.07, 6.45) is -0.0318. The zero-order valence-corrected chi connectivity index (χ0v) is 16.2. The molecule has 10 heteroatoms. The fraction of sp³-hybridized carbons (Fsp3) is 0.150. The van der Waals surface area contributed by atoms with Crippen LogP contribution in [0.3, 0.4) is 0 Å². The largest absolute Gasteiger partial charge is 0.325 e. The molecule has 0 fully saturated rings. The van der Waals surface area contributed by atoms with E-state index in [2.05, 4.69) is 16.7 Å². The highest BCUT2D eigenvalue weighted by atomic mass is 32.2. The van der Waals surface area contributed by atoms with Gasteiger partial charge in [0.05, 0.1) is 27.3 Å². The molecule has 2 aromatic carbocycles. The van der Waals surface area contributed by atoms with Crippen LogP contribution in [0.2, 0.25) is 0 Å². The Hall–Kier alpha value is -3.71. The third-order valence-corrected chi connectivity index (χ3v) is 5.33. The molecule has 152 valence electrons. The third-order valence-electron chi connectivity index (χ3n) is 4.31.